The van der Waals surface area contributed by atoms with Crippen LogP contribution >= 0.6 is 11.6 Å². The molecule has 1 heterocycles. The van der Waals surface area contributed by atoms with E-state index in [1.165, 1.54) is 0 Å². The van der Waals surface area contributed by atoms with Gasteiger partial charge in [0.25, 0.3) is 5.91 Å². The summed E-state index contributed by atoms with van der Waals surface area (Å²) in [7, 11) is 0. The van der Waals surface area contributed by atoms with Gasteiger partial charge in [-0.05, 0) is 53.1 Å². The molecule has 0 spiro atoms. The quantitative estimate of drug-likeness (QED) is 0.460. The molecule has 3 aromatic carbocycles. The van der Waals surface area contributed by atoms with Crippen molar-refractivity contribution in [1.29, 1.82) is 0 Å². The second-order valence-corrected chi connectivity index (χ2v) is 7.36. The van der Waals surface area contributed by atoms with Gasteiger partial charge in [0, 0.05) is 10.7 Å². The highest BCUT2D eigenvalue weighted by molar-refractivity contribution is 6.30. The number of rotatable bonds is 5. The van der Waals surface area contributed by atoms with Crippen LogP contribution in [0.3, 0.4) is 0 Å². The van der Waals surface area contributed by atoms with E-state index in [1.807, 2.05) is 54.6 Å². The number of imide groups is 1. The highest BCUT2D eigenvalue weighted by Gasteiger charge is 2.34. The molecule has 0 aromatic heterocycles. The van der Waals surface area contributed by atoms with Crippen LogP contribution in [0.2, 0.25) is 5.02 Å². The van der Waals surface area contributed by atoms with Crippen LogP contribution in [0, 0.1) is 0 Å². The number of anilines is 1. The lowest BCUT2D eigenvalue weighted by molar-refractivity contribution is -0.127. The topological polar surface area (TPSA) is 78.5 Å². The van der Waals surface area contributed by atoms with Gasteiger partial charge < -0.3 is 10.6 Å². The summed E-state index contributed by atoms with van der Waals surface area (Å²) in [6.45, 7) is -0.394. The molecule has 0 radical (unpaired) electrons. The molecule has 0 aliphatic carbocycles. The van der Waals surface area contributed by atoms with E-state index in [2.05, 4.69) is 10.6 Å². The first kappa shape index (κ1) is 20.4. The third kappa shape index (κ3) is 4.82. The van der Waals surface area contributed by atoms with E-state index in [0.29, 0.717) is 10.7 Å². The van der Waals surface area contributed by atoms with Crippen LogP contribution in [0.15, 0.2) is 84.6 Å². The molecule has 2 N–H and O–H groups in total. The molecule has 1 saturated heterocycles. The van der Waals surface area contributed by atoms with Crippen LogP contribution in [-0.4, -0.2) is 29.3 Å². The standard InChI is InChI=1S/C24H18ClN3O3/c25-19-9-11-20(12-10-19)26-22(29)15-28-23(30)21(27-24(28)31)14-16-5-4-8-18(13-16)17-6-2-1-3-7-17/h1-14H,15H2,(H,26,29)(H,27,31)/b21-14-. The number of carbonyl (C=O) groups excluding carboxylic acids is 3. The van der Waals surface area contributed by atoms with Crippen molar-refractivity contribution in [2.24, 2.45) is 0 Å². The third-order valence-electron chi connectivity index (χ3n) is 4.70. The van der Waals surface area contributed by atoms with E-state index in [9.17, 15) is 14.4 Å². The van der Waals surface area contributed by atoms with Gasteiger partial charge in [-0.15, -0.1) is 0 Å². The predicted molar refractivity (Wildman–Crippen MR) is 120 cm³/mol. The van der Waals surface area contributed by atoms with E-state index in [4.69, 9.17) is 11.6 Å². The largest absolute Gasteiger partial charge is 0.329 e. The number of urea groups is 1. The second-order valence-electron chi connectivity index (χ2n) is 6.93. The third-order valence-corrected chi connectivity index (χ3v) is 4.95. The number of amides is 4. The van der Waals surface area contributed by atoms with Crippen molar-refractivity contribution in [2.75, 3.05) is 11.9 Å². The van der Waals surface area contributed by atoms with Crippen LogP contribution in [0.5, 0.6) is 0 Å². The minimum absolute atomic E-state index is 0.120. The lowest BCUT2D eigenvalue weighted by atomic mass is 10.0. The molecule has 3 aromatic rings. The molecule has 0 bridgehead atoms. The molecule has 1 fully saturated rings. The minimum atomic E-state index is -0.637. The molecule has 0 atom stereocenters. The number of nitrogens with zero attached hydrogens (tertiary/aromatic N) is 1. The number of nitrogens with one attached hydrogen (secondary N) is 2. The Morgan fingerprint density at radius 3 is 2.39 bits per heavy atom. The van der Waals surface area contributed by atoms with Crippen LogP contribution in [0.1, 0.15) is 5.56 Å². The number of benzene rings is 3. The molecule has 4 rings (SSSR count). The summed E-state index contributed by atoms with van der Waals surface area (Å²) in [4.78, 5) is 38.1. The van der Waals surface area contributed by atoms with Gasteiger partial charge in [-0.2, -0.15) is 0 Å². The molecule has 154 valence electrons. The SMILES string of the molecule is O=C(CN1C(=O)N/C(=C\c2cccc(-c3ccccc3)c2)C1=O)Nc1ccc(Cl)cc1. The van der Waals surface area contributed by atoms with Gasteiger partial charge in [-0.1, -0.05) is 60.1 Å². The van der Waals surface area contributed by atoms with E-state index >= 15 is 0 Å². The summed E-state index contributed by atoms with van der Waals surface area (Å²) < 4.78 is 0. The zero-order valence-electron chi connectivity index (χ0n) is 16.3. The molecule has 7 heteroatoms. The van der Waals surface area contributed by atoms with E-state index < -0.39 is 24.4 Å². The average Bonchev–Trinajstić information content (AvgIpc) is 3.03. The van der Waals surface area contributed by atoms with E-state index in [1.54, 1.807) is 30.3 Å². The lowest BCUT2D eigenvalue weighted by Crippen LogP contribution is -2.38. The van der Waals surface area contributed by atoms with Gasteiger partial charge in [-0.25, -0.2) is 9.69 Å². The molecule has 0 unspecified atom stereocenters. The fourth-order valence-corrected chi connectivity index (χ4v) is 3.32. The summed E-state index contributed by atoms with van der Waals surface area (Å²) in [5.41, 5.74) is 3.44. The summed E-state index contributed by atoms with van der Waals surface area (Å²) in [5, 5.41) is 5.72. The van der Waals surface area contributed by atoms with E-state index in [-0.39, 0.29) is 5.70 Å². The first-order valence-corrected chi connectivity index (χ1v) is 9.93. The molecular formula is C24H18ClN3O3. The Kier molecular flexibility index (Phi) is 5.82. The van der Waals surface area contributed by atoms with Gasteiger partial charge in [0.15, 0.2) is 0 Å². The Morgan fingerprint density at radius 2 is 1.65 bits per heavy atom. The molecule has 31 heavy (non-hydrogen) atoms. The van der Waals surface area contributed by atoms with Crippen molar-refractivity contribution in [3.63, 3.8) is 0 Å². The highest BCUT2D eigenvalue weighted by Crippen LogP contribution is 2.22. The summed E-state index contributed by atoms with van der Waals surface area (Å²) in [6, 6.07) is 23.4. The van der Waals surface area contributed by atoms with Crippen molar-refractivity contribution >= 4 is 41.2 Å². The zero-order chi connectivity index (χ0) is 21.8. The normalized spacial score (nSPS) is 14.6. The predicted octanol–water partition coefficient (Wildman–Crippen LogP) is 4.54. The smallest absolute Gasteiger partial charge is 0.325 e. The van der Waals surface area contributed by atoms with Crippen molar-refractivity contribution in [3.05, 3.63) is 95.1 Å². The van der Waals surface area contributed by atoms with Gasteiger partial charge in [0.2, 0.25) is 5.91 Å². The molecular weight excluding hydrogens is 414 g/mol. The van der Waals surface area contributed by atoms with Crippen molar-refractivity contribution < 1.29 is 14.4 Å². The number of halogens is 1. The number of hydrogen-bond acceptors (Lipinski definition) is 3. The van der Waals surface area contributed by atoms with Crippen LogP contribution in [-0.2, 0) is 9.59 Å². The molecule has 0 saturated carbocycles. The second kappa shape index (κ2) is 8.85. The Labute approximate surface area is 184 Å². The van der Waals surface area contributed by atoms with Crippen LogP contribution in [0.4, 0.5) is 10.5 Å². The van der Waals surface area contributed by atoms with Gasteiger partial charge in [-0.3, -0.25) is 9.59 Å². The van der Waals surface area contributed by atoms with Crippen molar-refractivity contribution in [1.82, 2.24) is 10.2 Å². The maximum Gasteiger partial charge on any atom is 0.329 e. The monoisotopic (exact) mass is 431 g/mol. The Hall–Kier alpha value is -3.90. The first-order chi connectivity index (χ1) is 15.0. The summed E-state index contributed by atoms with van der Waals surface area (Å²) in [6.07, 6.45) is 1.60. The maximum atomic E-state index is 12.7. The van der Waals surface area contributed by atoms with Crippen molar-refractivity contribution in [2.45, 2.75) is 0 Å². The first-order valence-electron chi connectivity index (χ1n) is 9.55. The van der Waals surface area contributed by atoms with Crippen LogP contribution < -0.4 is 10.6 Å². The fraction of sp³-hybridized carbons (Fsp3) is 0.0417. The van der Waals surface area contributed by atoms with Crippen molar-refractivity contribution in [3.8, 4) is 11.1 Å². The Balaban J connectivity index is 1.47. The Bertz CT molecular complexity index is 1170. The molecule has 4 amide bonds. The zero-order valence-corrected chi connectivity index (χ0v) is 17.1. The van der Waals surface area contributed by atoms with Gasteiger partial charge in [0.05, 0.1) is 0 Å². The summed E-state index contributed by atoms with van der Waals surface area (Å²) >= 11 is 5.83. The fourth-order valence-electron chi connectivity index (χ4n) is 3.20. The molecule has 1 aliphatic heterocycles. The number of carbonyl (C=O) groups is 3. The number of hydrogen-bond donors (Lipinski definition) is 2. The maximum absolute atomic E-state index is 12.7. The molecule has 1 aliphatic rings. The highest BCUT2D eigenvalue weighted by atomic mass is 35.5. The lowest BCUT2D eigenvalue weighted by Gasteiger charge is -2.12. The molecule has 6 nitrogen and oxygen atoms in total. The van der Waals surface area contributed by atoms with E-state index in [0.717, 1.165) is 21.6 Å². The van der Waals surface area contributed by atoms with Gasteiger partial charge >= 0.3 is 6.03 Å². The average molecular weight is 432 g/mol. The van der Waals surface area contributed by atoms with Gasteiger partial charge in [0.1, 0.15) is 12.2 Å². The minimum Gasteiger partial charge on any atom is -0.325 e. The Morgan fingerprint density at radius 1 is 0.935 bits per heavy atom. The van der Waals surface area contributed by atoms with Crippen LogP contribution in [0.25, 0.3) is 17.2 Å². The summed E-state index contributed by atoms with van der Waals surface area (Å²) in [5.74, 6) is -1.04.